The summed E-state index contributed by atoms with van der Waals surface area (Å²) >= 11 is 0. The van der Waals surface area contributed by atoms with Crippen molar-refractivity contribution in [2.45, 2.75) is 57.9 Å². The molecular weight excluding hydrogens is 564 g/mol. The number of aromatic nitrogens is 2. The summed E-state index contributed by atoms with van der Waals surface area (Å²) in [4.78, 5) is 55.2. The van der Waals surface area contributed by atoms with Crippen LogP contribution in [0.3, 0.4) is 0 Å². The molecule has 0 radical (unpaired) electrons. The van der Waals surface area contributed by atoms with E-state index < -0.39 is 22.6 Å². The van der Waals surface area contributed by atoms with Crippen molar-refractivity contribution in [3.8, 4) is 0 Å². The van der Waals surface area contributed by atoms with Crippen molar-refractivity contribution in [1.29, 1.82) is 0 Å². The summed E-state index contributed by atoms with van der Waals surface area (Å²) in [6.45, 7) is 4.32. The second kappa shape index (κ2) is 18.2. The van der Waals surface area contributed by atoms with Crippen molar-refractivity contribution in [2.75, 3.05) is 55.0 Å². The Balaban J connectivity index is 2.08. The topological polar surface area (TPSA) is 238 Å². The van der Waals surface area contributed by atoms with Gasteiger partial charge in [-0.15, -0.1) is 0 Å². The molecule has 43 heavy (non-hydrogen) atoms. The van der Waals surface area contributed by atoms with Crippen LogP contribution in [0, 0.1) is 10.1 Å². The number of aromatic amines is 1. The Kier molecular flexibility index (Phi) is 14.7. The van der Waals surface area contributed by atoms with Crippen LogP contribution in [0.5, 0.6) is 0 Å². The Morgan fingerprint density at radius 3 is 2.49 bits per heavy atom. The Morgan fingerprint density at radius 2 is 1.86 bits per heavy atom. The van der Waals surface area contributed by atoms with Crippen LogP contribution in [0.1, 0.15) is 57.6 Å². The largest absolute Gasteiger partial charge is 0.450 e. The summed E-state index contributed by atoms with van der Waals surface area (Å²) in [6, 6.07) is 5.04. The molecule has 2 aromatic rings. The average molecular weight is 607 g/mol. The summed E-state index contributed by atoms with van der Waals surface area (Å²) < 4.78 is 4.74. The Morgan fingerprint density at radius 1 is 1.14 bits per heavy atom. The van der Waals surface area contributed by atoms with Gasteiger partial charge in [-0.3, -0.25) is 20.2 Å². The van der Waals surface area contributed by atoms with Crippen LogP contribution >= 0.6 is 0 Å². The molecule has 3 amide bonds. The number of rotatable bonds is 19. The van der Waals surface area contributed by atoms with Gasteiger partial charge in [-0.25, -0.2) is 9.59 Å². The number of nitro benzene ring substituents is 1. The highest BCUT2D eigenvalue weighted by Crippen LogP contribution is 2.30. The van der Waals surface area contributed by atoms with E-state index in [-0.39, 0.29) is 68.7 Å². The molecule has 2 rings (SSSR count). The fourth-order valence-corrected chi connectivity index (χ4v) is 4.32. The van der Waals surface area contributed by atoms with Gasteiger partial charge >= 0.3 is 12.1 Å². The number of nitro groups is 1. The number of hydrogen-bond donors (Lipinski definition) is 7. The number of nitrogens with one attached hydrogen (secondary N) is 4. The van der Waals surface area contributed by atoms with Gasteiger partial charge in [0.1, 0.15) is 5.69 Å². The van der Waals surface area contributed by atoms with E-state index >= 15 is 0 Å². The molecule has 238 valence electrons. The normalized spacial score (nSPS) is 11.6. The Hall–Kier alpha value is -4.44. The van der Waals surface area contributed by atoms with E-state index in [0.29, 0.717) is 43.5 Å². The van der Waals surface area contributed by atoms with Crippen LogP contribution < -0.4 is 32.1 Å². The van der Waals surface area contributed by atoms with Crippen LogP contribution in [-0.4, -0.2) is 82.7 Å². The molecule has 1 aromatic heterocycles. The molecule has 0 fully saturated rings. The summed E-state index contributed by atoms with van der Waals surface area (Å²) in [7, 11) is 0. The molecule has 1 atom stereocenters. The van der Waals surface area contributed by atoms with Gasteiger partial charge in [-0.2, -0.15) is 4.98 Å². The molecule has 16 nitrogen and oxygen atoms in total. The number of benzene rings is 1. The smallest absolute Gasteiger partial charge is 0.404 e. The first-order valence-electron chi connectivity index (χ1n) is 14.1. The first-order valence-corrected chi connectivity index (χ1v) is 14.1. The first kappa shape index (κ1) is 34.8. The highest BCUT2D eigenvalue weighted by atomic mass is 16.6. The zero-order valence-corrected chi connectivity index (χ0v) is 24.5. The van der Waals surface area contributed by atoms with Gasteiger partial charge in [0.05, 0.1) is 24.7 Å². The number of anilines is 3. The lowest BCUT2D eigenvalue weighted by Crippen LogP contribution is -2.39. The predicted molar refractivity (Wildman–Crippen MR) is 161 cm³/mol. The van der Waals surface area contributed by atoms with Crippen LogP contribution in [0.2, 0.25) is 0 Å². The molecule has 1 unspecified atom stereocenters. The Labute approximate surface area is 249 Å². The number of primary amides is 1. The molecule has 8 N–H and O–H groups in total. The minimum absolute atomic E-state index is 0.0151. The van der Waals surface area contributed by atoms with Crippen molar-refractivity contribution in [3.63, 3.8) is 0 Å². The zero-order valence-electron chi connectivity index (χ0n) is 24.5. The number of nitrogens with zero attached hydrogens (tertiary/aromatic N) is 3. The second-order valence-corrected chi connectivity index (χ2v) is 10.1. The highest BCUT2D eigenvalue weighted by Gasteiger charge is 2.19. The molecule has 1 aromatic carbocycles. The zero-order chi connectivity index (χ0) is 31.8. The molecular formula is C27H42N8O8. The van der Waals surface area contributed by atoms with Crippen molar-refractivity contribution in [3.05, 3.63) is 50.4 Å². The number of hydrogen-bond acceptors (Lipinski definition) is 11. The fourth-order valence-electron chi connectivity index (χ4n) is 4.32. The molecule has 0 aliphatic carbocycles. The summed E-state index contributed by atoms with van der Waals surface area (Å²) in [5, 5.41) is 38.9. The van der Waals surface area contributed by atoms with E-state index in [1.807, 2.05) is 13.8 Å². The fraction of sp³-hybridized carbons (Fsp3) is 0.556. The number of urea groups is 1. The van der Waals surface area contributed by atoms with Gasteiger partial charge in [-0.05, 0) is 43.7 Å². The number of aliphatic hydroxyl groups excluding tert-OH is 2. The molecule has 0 spiro atoms. The third-order valence-corrected chi connectivity index (χ3v) is 6.49. The van der Waals surface area contributed by atoms with E-state index in [9.17, 15) is 34.7 Å². The van der Waals surface area contributed by atoms with Gasteiger partial charge in [-0.1, -0.05) is 20.3 Å². The van der Waals surface area contributed by atoms with Crippen LogP contribution in [0.4, 0.5) is 32.6 Å². The van der Waals surface area contributed by atoms with E-state index in [4.69, 9.17) is 10.5 Å². The minimum Gasteiger partial charge on any atom is -0.450 e. The standard InChI is InChI=1S/C27H42N8O8/c1-18(2)22-17-24(38)32-26(31-22)33-27(40)30-19(6-4-3-5-15-43-25(28)39)9-10-29-21-8-7-20(16-23(21)35(41)42)34(11-13-36)12-14-37/h7-8,16-19,29,36-37H,3-6,9-15H2,1-2H3,(H2,28,39)(H3,30,31,32,33,38,40). The van der Waals surface area contributed by atoms with Crippen molar-refractivity contribution in [1.82, 2.24) is 15.3 Å². The van der Waals surface area contributed by atoms with Crippen LogP contribution in [0.15, 0.2) is 29.1 Å². The van der Waals surface area contributed by atoms with Gasteiger partial charge in [0.25, 0.3) is 11.2 Å². The number of amides is 3. The van der Waals surface area contributed by atoms with E-state index in [2.05, 4.69) is 25.9 Å². The quantitative estimate of drug-likeness (QED) is 0.0695. The summed E-state index contributed by atoms with van der Waals surface area (Å²) in [6.07, 6.45) is 2.10. The van der Waals surface area contributed by atoms with Crippen LogP contribution in [-0.2, 0) is 4.74 Å². The molecule has 0 saturated heterocycles. The highest BCUT2D eigenvalue weighted by molar-refractivity contribution is 5.87. The maximum atomic E-state index is 12.8. The number of carbonyl (C=O) groups excluding carboxylic acids is 2. The monoisotopic (exact) mass is 606 g/mol. The Bertz CT molecular complexity index is 1250. The predicted octanol–water partition coefficient (Wildman–Crippen LogP) is 2.24. The van der Waals surface area contributed by atoms with Crippen molar-refractivity contribution >= 4 is 35.1 Å². The second-order valence-electron chi connectivity index (χ2n) is 10.1. The number of ether oxygens (including phenoxy) is 1. The molecule has 0 aliphatic heterocycles. The third kappa shape index (κ3) is 12.5. The lowest BCUT2D eigenvalue weighted by atomic mass is 10.1. The van der Waals surface area contributed by atoms with E-state index in [1.165, 1.54) is 12.1 Å². The van der Waals surface area contributed by atoms with Gasteiger partial charge in [0.15, 0.2) is 0 Å². The first-order chi connectivity index (χ1) is 20.5. The number of carbonyl (C=O) groups is 2. The average Bonchev–Trinajstić information content (AvgIpc) is 2.94. The van der Waals surface area contributed by atoms with E-state index in [0.717, 1.165) is 0 Å². The molecule has 0 aliphatic rings. The van der Waals surface area contributed by atoms with Crippen molar-refractivity contribution < 1.29 is 29.5 Å². The maximum absolute atomic E-state index is 12.8. The molecule has 16 heteroatoms. The van der Waals surface area contributed by atoms with Crippen LogP contribution in [0.25, 0.3) is 0 Å². The molecule has 1 heterocycles. The maximum Gasteiger partial charge on any atom is 0.404 e. The number of aliphatic hydroxyl groups is 2. The van der Waals surface area contributed by atoms with Crippen molar-refractivity contribution in [2.24, 2.45) is 5.73 Å². The third-order valence-electron chi connectivity index (χ3n) is 6.49. The number of H-pyrrole nitrogens is 1. The van der Waals surface area contributed by atoms with Gasteiger partial charge in [0, 0.05) is 49.2 Å². The summed E-state index contributed by atoms with van der Waals surface area (Å²) in [5.74, 6) is 0.0311. The SMILES string of the molecule is CC(C)c1cc(=O)nc(NC(=O)NC(CCCCCOC(N)=O)CCNc2ccc(N(CCO)CCO)cc2[N+](=O)[O-])[nH]1. The molecule has 0 bridgehead atoms. The number of nitrogens with two attached hydrogens (primary N) is 1. The van der Waals surface area contributed by atoms with Gasteiger partial charge < -0.3 is 41.2 Å². The lowest BCUT2D eigenvalue weighted by molar-refractivity contribution is -0.383. The van der Waals surface area contributed by atoms with Gasteiger partial charge in [0.2, 0.25) is 5.95 Å². The molecule has 0 saturated carbocycles. The van der Waals surface area contributed by atoms with E-state index in [1.54, 1.807) is 17.0 Å². The number of unbranched alkanes of at least 4 members (excludes halogenated alkanes) is 2. The lowest BCUT2D eigenvalue weighted by Gasteiger charge is -2.23. The minimum atomic E-state index is -0.841. The summed E-state index contributed by atoms with van der Waals surface area (Å²) in [5.41, 5.74) is 5.71.